The lowest BCUT2D eigenvalue weighted by Crippen LogP contribution is -2.36. The van der Waals surface area contributed by atoms with E-state index in [4.69, 9.17) is 20.3 Å². The molecular weight excluding hydrogens is 231 g/mol. The van der Waals surface area contributed by atoms with Gasteiger partial charge in [-0.25, -0.2) is 0 Å². The maximum Gasteiger partial charge on any atom is 0.522 e. The molecule has 0 aromatic heterocycles. The van der Waals surface area contributed by atoms with Crippen LogP contribution in [0.3, 0.4) is 0 Å². The summed E-state index contributed by atoms with van der Waals surface area (Å²) in [4.78, 5) is 0. The van der Waals surface area contributed by atoms with Crippen LogP contribution in [0.2, 0.25) is 0 Å². The molecule has 0 bridgehead atoms. The standard InChI is InChI=1S/C8H16F3NO4/c1-6(13)7(12)15-4-2-14-3-5-16-8(9,10)11/h6-7,13H,2-5,12H2,1H3. The number of halogens is 3. The van der Waals surface area contributed by atoms with E-state index >= 15 is 0 Å². The summed E-state index contributed by atoms with van der Waals surface area (Å²) in [7, 11) is 0. The van der Waals surface area contributed by atoms with Crippen molar-refractivity contribution in [2.24, 2.45) is 5.73 Å². The summed E-state index contributed by atoms with van der Waals surface area (Å²) in [5.41, 5.74) is 5.31. The Balaban J connectivity index is 3.22. The molecule has 16 heavy (non-hydrogen) atoms. The van der Waals surface area contributed by atoms with Gasteiger partial charge >= 0.3 is 6.36 Å². The van der Waals surface area contributed by atoms with Crippen molar-refractivity contribution >= 4 is 0 Å². The Morgan fingerprint density at radius 1 is 1.19 bits per heavy atom. The molecule has 5 nitrogen and oxygen atoms in total. The van der Waals surface area contributed by atoms with Crippen LogP contribution in [0.4, 0.5) is 13.2 Å². The largest absolute Gasteiger partial charge is 0.522 e. The Labute approximate surface area is 91.3 Å². The van der Waals surface area contributed by atoms with Gasteiger partial charge in [0.05, 0.1) is 32.5 Å². The summed E-state index contributed by atoms with van der Waals surface area (Å²) in [5.74, 6) is 0. The van der Waals surface area contributed by atoms with Gasteiger partial charge in [-0.3, -0.25) is 4.74 Å². The molecule has 98 valence electrons. The molecule has 0 aliphatic heterocycles. The van der Waals surface area contributed by atoms with Crippen LogP contribution in [0.15, 0.2) is 0 Å². The summed E-state index contributed by atoms with van der Waals surface area (Å²) in [5, 5.41) is 8.92. The molecule has 0 saturated heterocycles. The molecule has 2 atom stereocenters. The number of aliphatic hydroxyl groups excluding tert-OH is 1. The van der Waals surface area contributed by atoms with Gasteiger partial charge in [-0.1, -0.05) is 0 Å². The second kappa shape index (κ2) is 7.80. The van der Waals surface area contributed by atoms with E-state index in [2.05, 4.69) is 4.74 Å². The molecule has 0 fully saturated rings. The zero-order chi connectivity index (χ0) is 12.6. The summed E-state index contributed by atoms with van der Waals surface area (Å²) in [6, 6.07) is 0. The molecular formula is C8H16F3NO4. The van der Waals surface area contributed by atoms with Crippen LogP contribution in [0, 0.1) is 0 Å². The molecule has 0 rings (SSSR count). The first-order valence-electron chi connectivity index (χ1n) is 4.66. The quantitative estimate of drug-likeness (QED) is 0.474. The summed E-state index contributed by atoms with van der Waals surface area (Å²) in [6.07, 6.45) is -6.27. The molecule has 0 aliphatic carbocycles. The van der Waals surface area contributed by atoms with Crippen LogP contribution in [0.5, 0.6) is 0 Å². The average molecular weight is 247 g/mol. The zero-order valence-corrected chi connectivity index (χ0v) is 8.87. The van der Waals surface area contributed by atoms with Crippen molar-refractivity contribution in [1.82, 2.24) is 0 Å². The number of rotatable bonds is 8. The van der Waals surface area contributed by atoms with Crippen molar-refractivity contribution in [2.75, 3.05) is 26.4 Å². The third-order valence-electron chi connectivity index (χ3n) is 1.51. The number of nitrogens with two attached hydrogens (primary N) is 1. The Bertz CT molecular complexity index is 177. The first kappa shape index (κ1) is 15.6. The smallest absolute Gasteiger partial charge is 0.389 e. The fourth-order valence-corrected chi connectivity index (χ4v) is 0.701. The molecule has 0 heterocycles. The summed E-state index contributed by atoms with van der Waals surface area (Å²) < 4.78 is 47.6. The fourth-order valence-electron chi connectivity index (χ4n) is 0.701. The Kier molecular flexibility index (Phi) is 7.60. The number of hydrogen-bond donors (Lipinski definition) is 2. The van der Waals surface area contributed by atoms with Gasteiger partial charge in [0.15, 0.2) is 0 Å². The van der Waals surface area contributed by atoms with Gasteiger partial charge in [-0.15, -0.1) is 13.2 Å². The lowest BCUT2D eigenvalue weighted by atomic mass is 10.4. The first-order chi connectivity index (χ1) is 7.33. The molecule has 2 unspecified atom stereocenters. The normalized spacial score (nSPS) is 16.1. The van der Waals surface area contributed by atoms with E-state index in [1.54, 1.807) is 0 Å². The molecule has 0 aliphatic rings. The van der Waals surface area contributed by atoms with Crippen LogP contribution < -0.4 is 5.73 Å². The van der Waals surface area contributed by atoms with Crippen molar-refractivity contribution < 1.29 is 32.5 Å². The third-order valence-corrected chi connectivity index (χ3v) is 1.51. The van der Waals surface area contributed by atoms with Gasteiger partial charge in [0.1, 0.15) is 6.23 Å². The molecule has 0 aromatic carbocycles. The Morgan fingerprint density at radius 2 is 1.75 bits per heavy atom. The Morgan fingerprint density at radius 3 is 2.25 bits per heavy atom. The molecule has 0 aromatic rings. The van der Waals surface area contributed by atoms with Crippen molar-refractivity contribution in [3.05, 3.63) is 0 Å². The van der Waals surface area contributed by atoms with Crippen LogP contribution >= 0.6 is 0 Å². The van der Waals surface area contributed by atoms with Gasteiger partial charge in [-0.05, 0) is 6.92 Å². The van der Waals surface area contributed by atoms with Gasteiger partial charge in [-0.2, -0.15) is 0 Å². The predicted octanol–water partition coefficient (Wildman–Crippen LogP) is 0.222. The number of alkyl halides is 3. The molecule has 3 N–H and O–H groups in total. The molecule has 8 heteroatoms. The maximum atomic E-state index is 11.5. The van der Waals surface area contributed by atoms with Crippen LogP contribution in [-0.4, -0.2) is 50.2 Å². The van der Waals surface area contributed by atoms with E-state index < -0.39 is 25.3 Å². The minimum atomic E-state index is -4.63. The van der Waals surface area contributed by atoms with Crippen molar-refractivity contribution in [3.63, 3.8) is 0 Å². The monoisotopic (exact) mass is 247 g/mol. The maximum absolute atomic E-state index is 11.5. The van der Waals surface area contributed by atoms with Crippen molar-refractivity contribution in [3.8, 4) is 0 Å². The van der Waals surface area contributed by atoms with E-state index in [1.165, 1.54) is 6.92 Å². The van der Waals surface area contributed by atoms with Crippen molar-refractivity contribution in [1.29, 1.82) is 0 Å². The van der Waals surface area contributed by atoms with E-state index in [0.717, 1.165) is 0 Å². The van der Waals surface area contributed by atoms with Gasteiger partial charge in [0.25, 0.3) is 0 Å². The second-order valence-corrected chi connectivity index (χ2v) is 2.98. The highest BCUT2D eigenvalue weighted by molar-refractivity contribution is 4.54. The zero-order valence-electron chi connectivity index (χ0n) is 8.87. The van der Waals surface area contributed by atoms with E-state index in [9.17, 15) is 13.2 Å². The number of hydrogen-bond acceptors (Lipinski definition) is 5. The second-order valence-electron chi connectivity index (χ2n) is 2.98. The topological polar surface area (TPSA) is 73.9 Å². The summed E-state index contributed by atoms with van der Waals surface area (Å²) in [6.45, 7) is 0.890. The average Bonchev–Trinajstić information content (AvgIpc) is 2.14. The predicted molar refractivity (Wildman–Crippen MR) is 48.4 cm³/mol. The molecule has 0 saturated carbocycles. The van der Waals surface area contributed by atoms with Crippen LogP contribution in [0.1, 0.15) is 6.92 Å². The summed E-state index contributed by atoms with van der Waals surface area (Å²) >= 11 is 0. The highest BCUT2D eigenvalue weighted by atomic mass is 19.4. The highest BCUT2D eigenvalue weighted by Gasteiger charge is 2.28. The lowest BCUT2D eigenvalue weighted by Gasteiger charge is -2.15. The number of ether oxygens (including phenoxy) is 3. The van der Waals surface area contributed by atoms with E-state index in [-0.39, 0.29) is 19.8 Å². The fraction of sp³-hybridized carbons (Fsp3) is 1.00. The first-order valence-corrected chi connectivity index (χ1v) is 4.66. The Hall–Kier alpha value is -0.410. The molecule has 0 spiro atoms. The van der Waals surface area contributed by atoms with Gasteiger partial charge in [0, 0.05) is 0 Å². The minimum Gasteiger partial charge on any atom is -0.389 e. The lowest BCUT2D eigenvalue weighted by molar-refractivity contribution is -0.327. The third kappa shape index (κ3) is 10.1. The molecule has 0 radical (unpaired) electrons. The molecule has 0 amide bonds. The van der Waals surface area contributed by atoms with Crippen LogP contribution in [0.25, 0.3) is 0 Å². The van der Waals surface area contributed by atoms with Crippen LogP contribution in [-0.2, 0) is 14.2 Å². The minimum absolute atomic E-state index is 0.0850. The van der Waals surface area contributed by atoms with E-state index in [1.807, 2.05) is 0 Å². The van der Waals surface area contributed by atoms with Crippen molar-refractivity contribution in [2.45, 2.75) is 25.6 Å². The SMILES string of the molecule is CC(O)C(N)OCCOCCOC(F)(F)F. The van der Waals surface area contributed by atoms with Gasteiger partial charge < -0.3 is 20.3 Å². The highest BCUT2D eigenvalue weighted by Crippen LogP contribution is 2.15. The number of aliphatic hydroxyl groups is 1. The van der Waals surface area contributed by atoms with E-state index in [0.29, 0.717) is 0 Å². The van der Waals surface area contributed by atoms with Gasteiger partial charge in [0.2, 0.25) is 0 Å².